The molecule has 1 fully saturated rings. The predicted molar refractivity (Wildman–Crippen MR) is 65.3 cm³/mol. The lowest BCUT2D eigenvalue weighted by Crippen LogP contribution is -2.36. The minimum atomic E-state index is -0.219. The van der Waals surface area contributed by atoms with Gasteiger partial charge in [-0.1, -0.05) is 29.8 Å². The fraction of sp³-hybridized carbons (Fsp3) is 0.429. The van der Waals surface area contributed by atoms with Crippen LogP contribution in [0.1, 0.15) is 30.0 Å². The van der Waals surface area contributed by atoms with E-state index in [1.165, 1.54) is 0 Å². The normalized spacial score (nSPS) is 18.7. The molecule has 1 unspecified atom stereocenters. The molecule has 17 heavy (non-hydrogen) atoms. The lowest BCUT2D eigenvalue weighted by Gasteiger charge is -2.30. The molecule has 2 rings (SSSR count). The van der Waals surface area contributed by atoms with E-state index in [9.17, 15) is 10.1 Å². The third-order valence-corrected chi connectivity index (χ3v) is 3.20. The molecule has 0 spiro atoms. The van der Waals surface area contributed by atoms with Crippen LogP contribution in [0.3, 0.4) is 0 Å². The first-order valence-corrected chi connectivity index (χ1v) is 5.92. The number of hydrogen-bond donors (Lipinski definition) is 0. The molecule has 0 radical (unpaired) electrons. The minimum Gasteiger partial charge on any atom is -0.300 e. The maximum atomic E-state index is 11.2. The molecule has 0 amide bonds. The number of benzene rings is 1. The monoisotopic (exact) mass is 228 g/mol. The Kier molecular flexibility index (Phi) is 3.55. The molecule has 1 atom stereocenters. The van der Waals surface area contributed by atoms with Crippen molar-refractivity contribution in [2.75, 3.05) is 13.1 Å². The molecule has 3 heteroatoms. The third kappa shape index (κ3) is 2.72. The number of carbonyl (C=O) groups excluding carboxylic acids is 1. The van der Waals surface area contributed by atoms with Gasteiger partial charge in [-0.25, -0.2) is 0 Å². The second-order valence-corrected chi connectivity index (χ2v) is 4.52. The van der Waals surface area contributed by atoms with Gasteiger partial charge in [0.25, 0.3) is 0 Å². The third-order valence-electron chi connectivity index (χ3n) is 3.20. The van der Waals surface area contributed by atoms with Crippen molar-refractivity contribution in [2.24, 2.45) is 0 Å². The summed E-state index contributed by atoms with van der Waals surface area (Å²) in [5.74, 6) is 0.308. The van der Waals surface area contributed by atoms with Crippen LogP contribution in [0.5, 0.6) is 0 Å². The van der Waals surface area contributed by atoms with Gasteiger partial charge in [0.2, 0.25) is 0 Å². The summed E-state index contributed by atoms with van der Waals surface area (Å²) < 4.78 is 0. The van der Waals surface area contributed by atoms with Gasteiger partial charge < -0.3 is 0 Å². The molecular formula is C14H16N2O. The smallest absolute Gasteiger partial charge is 0.135 e. The highest BCUT2D eigenvalue weighted by atomic mass is 16.1. The zero-order valence-electron chi connectivity index (χ0n) is 10.0. The van der Waals surface area contributed by atoms with Crippen LogP contribution in [0.25, 0.3) is 0 Å². The Balaban J connectivity index is 2.17. The van der Waals surface area contributed by atoms with Crippen LogP contribution in [-0.2, 0) is 4.79 Å². The van der Waals surface area contributed by atoms with Gasteiger partial charge in [0.15, 0.2) is 0 Å². The summed E-state index contributed by atoms with van der Waals surface area (Å²) in [5, 5.41) is 9.31. The Hall–Kier alpha value is -1.66. The van der Waals surface area contributed by atoms with Crippen LogP contribution < -0.4 is 0 Å². The number of aryl methyl sites for hydroxylation is 1. The largest absolute Gasteiger partial charge is 0.300 e. The molecule has 88 valence electrons. The number of carbonyl (C=O) groups is 1. The summed E-state index contributed by atoms with van der Waals surface area (Å²) in [6.45, 7) is 3.42. The van der Waals surface area contributed by atoms with Crippen LogP contribution in [0.4, 0.5) is 0 Å². The molecule has 0 saturated carbocycles. The van der Waals surface area contributed by atoms with E-state index in [4.69, 9.17) is 0 Å². The molecule has 1 aliphatic rings. The Bertz CT molecular complexity index is 452. The Morgan fingerprint density at radius 2 is 2.06 bits per heavy atom. The van der Waals surface area contributed by atoms with E-state index in [2.05, 4.69) is 11.0 Å². The lowest BCUT2D eigenvalue weighted by molar-refractivity contribution is -0.121. The molecule has 0 aliphatic carbocycles. The maximum Gasteiger partial charge on any atom is 0.135 e. The lowest BCUT2D eigenvalue weighted by atomic mass is 10.0. The fourth-order valence-electron chi connectivity index (χ4n) is 2.24. The summed E-state index contributed by atoms with van der Waals surface area (Å²) >= 11 is 0. The average Bonchev–Trinajstić information content (AvgIpc) is 2.33. The summed E-state index contributed by atoms with van der Waals surface area (Å²) in [6, 6.07) is 10.2. The average molecular weight is 228 g/mol. The Morgan fingerprint density at radius 3 is 2.65 bits per heavy atom. The molecule has 1 aromatic rings. The number of likely N-dealkylation sites (tertiary alicyclic amines) is 1. The zero-order chi connectivity index (χ0) is 12.3. The second-order valence-electron chi connectivity index (χ2n) is 4.52. The highest BCUT2D eigenvalue weighted by Crippen LogP contribution is 2.23. The summed E-state index contributed by atoms with van der Waals surface area (Å²) in [6.07, 6.45) is 1.15. The number of nitriles is 1. The van der Waals surface area contributed by atoms with E-state index in [1.807, 2.05) is 31.2 Å². The molecule has 3 nitrogen and oxygen atoms in total. The van der Waals surface area contributed by atoms with Gasteiger partial charge in [-0.15, -0.1) is 0 Å². The quantitative estimate of drug-likeness (QED) is 0.779. The summed E-state index contributed by atoms with van der Waals surface area (Å²) in [7, 11) is 0. The highest BCUT2D eigenvalue weighted by molar-refractivity contribution is 5.79. The van der Waals surface area contributed by atoms with E-state index in [0.29, 0.717) is 31.7 Å². The number of hydrogen-bond acceptors (Lipinski definition) is 3. The molecule has 1 aliphatic heterocycles. The van der Waals surface area contributed by atoms with Crippen LogP contribution in [0, 0.1) is 18.3 Å². The molecular weight excluding hydrogens is 212 g/mol. The van der Waals surface area contributed by atoms with Gasteiger partial charge >= 0.3 is 0 Å². The number of ketones is 1. The number of piperidine rings is 1. The SMILES string of the molecule is Cc1cccc(C(C#N)N2CCC(=O)CC2)c1. The van der Waals surface area contributed by atoms with Gasteiger partial charge in [0.1, 0.15) is 11.8 Å². The van der Waals surface area contributed by atoms with E-state index >= 15 is 0 Å². The standard InChI is InChI=1S/C14H16N2O/c1-11-3-2-4-12(9-11)14(10-15)16-7-5-13(17)6-8-16/h2-4,9,14H,5-8H2,1H3. The van der Waals surface area contributed by atoms with E-state index in [1.54, 1.807) is 0 Å². The minimum absolute atomic E-state index is 0.219. The molecule has 0 bridgehead atoms. The maximum absolute atomic E-state index is 11.2. The van der Waals surface area contributed by atoms with Crippen molar-refractivity contribution in [3.05, 3.63) is 35.4 Å². The van der Waals surface area contributed by atoms with E-state index < -0.39 is 0 Å². The van der Waals surface area contributed by atoms with Gasteiger partial charge in [-0.2, -0.15) is 5.26 Å². The van der Waals surface area contributed by atoms with Crippen molar-refractivity contribution >= 4 is 5.78 Å². The number of nitrogens with zero attached hydrogens (tertiary/aromatic N) is 2. The van der Waals surface area contributed by atoms with Crippen molar-refractivity contribution in [3.8, 4) is 6.07 Å². The van der Waals surface area contributed by atoms with E-state index in [0.717, 1.165) is 11.1 Å². The highest BCUT2D eigenvalue weighted by Gasteiger charge is 2.24. The van der Waals surface area contributed by atoms with Crippen LogP contribution in [0.15, 0.2) is 24.3 Å². The predicted octanol–water partition coefficient (Wildman–Crippen LogP) is 2.22. The Labute approximate surface area is 102 Å². The zero-order valence-corrected chi connectivity index (χ0v) is 10.0. The van der Waals surface area contributed by atoms with E-state index in [-0.39, 0.29) is 6.04 Å². The molecule has 1 aromatic carbocycles. The Morgan fingerprint density at radius 1 is 1.35 bits per heavy atom. The van der Waals surface area contributed by atoms with Gasteiger partial charge in [-0.05, 0) is 12.5 Å². The first-order chi connectivity index (χ1) is 8.20. The number of rotatable bonds is 2. The summed E-state index contributed by atoms with van der Waals surface area (Å²) in [5.41, 5.74) is 2.19. The van der Waals surface area contributed by atoms with Crippen molar-refractivity contribution in [1.29, 1.82) is 5.26 Å². The molecule has 1 heterocycles. The van der Waals surface area contributed by atoms with Gasteiger partial charge in [0.05, 0.1) is 6.07 Å². The summed E-state index contributed by atoms with van der Waals surface area (Å²) in [4.78, 5) is 13.3. The van der Waals surface area contributed by atoms with Crippen molar-refractivity contribution < 1.29 is 4.79 Å². The number of Topliss-reactive ketones (excluding diaryl/α,β-unsaturated/α-hetero) is 1. The van der Waals surface area contributed by atoms with Crippen LogP contribution in [-0.4, -0.2) is 23.8 Å². The fourth-order valence-corrected chi connectivity index (χ4v) is 2.24. The topological polar surface area (TPSA) is 44.1 Å². The second kappa shape index (κ2) is 5.11. The van der Waals surface area contributed by atoms with Crippen LogP contribution in [0.2, 0.25) is 0 Å². The first-order valence-electron chi connectivity index (χ1n) is 5.92. The first kappa shape index (κ1) is 11.8. The van der Waals surface area contributed by atoms with Crippen molar-refractivity contribution in [1.82, 2.24) is 4.90 Å². The van der Waals surface area contributed by atoms with Gasteiger partial charge in [-0.3, -0.25) is 9.69 Å². The molecule has 0 aromatic heterocycles. The van der Waals surface area contributed by atoms with Gasteiger partial charge in [0, 0.05) is 25.9 Å². The van der Waals surface area contributed by atoms with Crippen molar-refractivity contribution in [3.63, 3.8) is 0 Å². The molecule has 1 saturated heterocycles. The van der Waals surface area contributed by atoms with Crippen LogP contribution >= 0.6 is 0 Å². The molecule has 0 N–H and O–H groups in total. The van der Waals surface area contributed by atoms with Crippen molar-refractivity contribution in [2.45, 2.75) is 25.8 Å².